The van der Waals surface area contributed by atoms with Gasteiger partial charge in [-0.15, -0.1) is 0 Å². The van der Waals surface area contributed by atoms with Crippen LogP contribution in [0.15, 0.2) is 66.9 Å². The van der Waals surface area contributed by atoms with Gasteiger partial charge in [0.05, 0.1) is 17.4 Å². The Kier molecular flexibility index (Phi) is 3.72. The molecule has 1 amide bonds. The number of carbonyl (C=O) groups is 1. The zero-order valence-electron chi connectivity index (χ0n) is 12.8. The summed E-state index contributed by atoms with van der Waals surface area (Å²) in [4.78, 5) is 14.7. The van der Waals surface area contributed by atoms with E-state index in [2.05, 4.69) is 0 Å². The van der Waals surface area contributed by atoms with Gasteiger partial charge in [-0.25, -0.2) is 0 Å². The molecule has 0 saturated heterocycles. The highest BCUT2D eigenvalue weighted by Crippen LogP contribution is 2.32. The van der Waals surface area contributed by atoms with Gasteiger partial charge in [0.15, 0.2) is 6.73 Å². The van der Waals surface area contributed by atoms with Crippen LogP contribution in [0, 0.1) is 0 Å². The Morgan fingerprint density at radius 1 is 0.955 bits per heavy atom. The van der Waals surface area contributed by atoms with Gasteiger partial charge in [0.1, 0.15) is 0 Å². The molecule has 22 heavy (non-hydrogen) atoms. The van der Waals surface area contributed by atoms with Crippen molar-refractivity contribution in [2.24, 2.45) is 0 Å². The van der Waals surface area contributed by atoms with Crippen molar-refractivity contribution in [1.29, 1.82) is 0 Å². The Morgan fingerprint density at radius 2 is 1.55 bits per heavy atom. The zero-order valence-corrected chi connectivity index (χ0v) is 12.8. The fourth-order valence-corrected chi connectivity index (χ4v) is 2.68. The first-order chi connectivity index (χ1) is 10.6. The fourth-order valence-electron chi connectivity index (χ4n) is 2.68. The SMILES string of the molecule is CC(C)(c1ccccc1)N1COC=C(c2ccccc2)C1=O. The van der Waals surface area contributed by atoms with E-state index in [1.807, 2.05) is 74.5 Å². The van der Waals surface area contributed by atoms with Crippen molar-refractivity contribution in [3.63, 3.8) is 0 Å². The van der Waals surface area contributed by atoms with E-state index in [4.69, 9.17) is 4.74 Å². The number of benzene rings is 2. The van der Waals surface area contributed by atoms with Gasteiger partial charge in [0.2, 0.25) is 0 Å². The summed E-state index contributed by atoms with van der Waals surface area (Å²) < 4.78 is 5.57. The van der Waals surface area contributed by atoms with Gasteiger partial charge in [-0.3, -0.25) is 9.69 Å². The molecule has 3 nitrogen and oxygen atoms in total. The summed E-state index contributed by atoms with van der Waals surface area (Å²) in [5.74, 6) is -0.00805. The van der Waals surface area contributed by atoms with Crippen molar-refractivity contribution in [3.8, 4) is 0 Å². The van der Waals surface area contributed by atoms with E-state index in [-0.39, 0.29) is 12.6 Å². The summed E-state index contributed by atoms with van der Waals surface area (Å²) in [5, 5.41) is 0. The summed E-state index contributed by atoms with van der Waals surface area (Å²) in [6.07, 6.45) is 1.56. The first-order valence-corrected chi connectivity index (χ1v) is 7.35. The molecule has 3 rings (SSSR count). The quantitative estimate of drug-likeness (QED) is 0.862. The number of ether oxygens (including phenoxy) is 1. The molecule has 1 aliphatic rings. The van der Waals surface area contributed by atoms with E-state index in [0.717, 1.165) is 11.1 Å². The van der Waals surface area contributed by atoms with E-state index in [1.54, 1.807) is 11.2 Å². The van der Waals surface area contributed by atoms with Gasteiger partial charge in [-0.1, -0.05) is 60.7 Å². The lowest BCUT2D eigenvalue weighted by Gasteiger charge is -2.40. The molecule has 0 bridgehead atoms. The molecule has 0 aliphatic carbocycles. The maximum atomic E-state index is 12.9. The van der Waals surface area contributed by atoms with Crippen LogP contribution >= 0.6 is 0 Å². The van der Waals surface area contributed by atoms with Crippen LogP contribution in [0.5, 0.6) is 0 Å². The molecule has 0 atom stereocenters. The monoisotopic (exact) mass is 293 g/mol. The third-order valence-electron chi connectivity index (χ3n) is 4.12. The first kappa shape index (κ1) is 14.4. The van der Waals surface area contributed by atoms with Gasteiger partial charge in [-0.05, 0) is 25.0 Å². The highest BCUT2D eigenvalue weighted by atomic mass is 16.5. The van der Waals surface area contributed by atoms with Crippen molar-refractivity contribution in [1.82, 2.24) is 4.90 Å². The first-order valence-electron chi connectivity index (χ1n) is 7.35. The molecule has 2 aromatic rings. The second kappa shape index (κ2) is 5.68. The molecule has 112 valence electrons. The van der Waals surface area contributed by atoms with Gasteiger partial charge in [0, 0.05) is 0 Å². The average molecular weight is 293 g/mol. The van der Waals surface area contributed by atoms with Crippen LogP contribution in [0.2, 0.25) is 0 Å². The third-order valence-corrected chi connectivity index (χ3v) is 4.12. The van der Waals surface area contributed by atoms with Crippen molar-refractivity contribution < 1.29 is 9.53 Å². The lowest BCUT2D eigenvalue weighted by atomic mass is 9.91. The number of nitrogens with zero attached hydrogens (tertiary/aromatic N) is 1. The summed E-state index contributed by atoms with van der Waals surface area (Å²) in [6.45, 7) is 4.34. The minimum absolute atomic E-state index is 0.00805. The van der Waals surface area contributed by atoms with Crippen LogP contribution in [0.4, 0.5) is 0 Å². The molecule has 0 unspecified atom stereocenters. The predicted octanol–water partition coefficient (Wildman–Crippen LogP) is 3.78. The van der Waals surface area contributed by atoms with Crippen molar-refractivity contribution in [3.05, 3.63) is 78.1 Å². The minimum Gasteiger partial charge on any atom is -0.480 e. The molecule has 1 heterocycles. The van der Waals surface area contributed by atoms with Crippen LogP contribution in [0.1, 0.15) is 25.0 Å². The Bertz CT molecular complexity index is 690. The highest BCUT2D eigenvalue weighted by molar-refractivity contribution is 6.19. The molecule has 2 aromatic carbocycles. The third kappa shape index (κ3) is 2.50. The standard InChI is InChI=1S/C19H19NO2/c1-19(2,16-11-7-4-8-12-16)20-14-22-13-17(18(20)21)15-9-5-3-6-10-15/h3-13H,14H2,1-2H3. The zero-order chi connectivity index (χ0) is 15.6. The highest BCUT2D eigenvalue weighted by Gasteiger charge is 2.36. The topological polar surface area (TPSA) is 29.5 Å². The van der Waals surface area contributed by atoms with E-state index < -0.39 is 5.54 Å². The van der Waals surface area contributed by atoms with E-state index in [0.29, 0.717) is 5.57 Å². The summed E-state index contributed by atoms with van der Waals surface area (Å²) in [5.41, 5.74) is 2.12. The second-order valence-electron chi connectivity index (χ2n) is 5.85. The average Bonchev–Trinajstić information content (AvgIpc) is 2.56. The smallest absolute Gasteiger partial charge is 0.260 e. The summed E-state index contributed by atoms with van der Waals surface area (Å²) >= 11 is 0. The van der Waals surface area contributed by atoms with Crippen molar-refractivity contribution in [2.75, 3.05) is 6.73 Å². The number of carbonyl (C=O) groups excluding carboxylic acids is 1. The molecule has 0 radical (unpaired) electrons. The number of hydrogen-bond donors (Lipinski definition) is 0. The normalized spacial score (nSPS) is 15.3. The molecule has 0 saturated carbocycles. The summed E-state index contributed by atoms with van der Waals surface area (Å²) in [6, 6.07) is 19.6. The van der Waals surface area contributed by atoms with Crippen LogP contribution in [0.25, 0.3) is 5.57 Å². The van der Waals surface area contributed by atoms with Gasteiger partial charge in [0.25, 0.3) is 5.91 Å². The lowest BCUT2D eigenvalue weighted by molar-refractivity contribution is -0.138. The Labute approximate surface area is 130 Å². The predicted molar refractivity (Wildman–Crippen MR) is 86.7 cm³/mol. The van der Waals surface area contributed by atoms with Crippen LogP contribution in [-0.4, -0.2) is 17.5 Å². The number of hydrogen-bond acceptors (Lipinski definition) is 2. The Morgan fingerprint density at radius 3 is 2.18 bits per heavy atom. The van der Waals surface area contributed by atoms with Crippen LogP contribution in [0.3, 0.4) is 0 Å². The molecule has 1 aliphatic heterocycles. The molecule has 0 aromatic heterocycles. The Balaban J connectivity index is 1.94. The molecule has 3 heteroatoms. The second-order valence-corrected chi connectivity index (χ2v) is 5.85. The number of amides is 1. The van der Waals surface area contributed by atoms with Gasteiger partial charge in [-0.2, -0.15) is 0 Å². The van der Waals surface area contributed by atoms with E-state index >= 15 is 0 Å². The van der Waals surface area contributed by atoms with E-state index in [1.165, 1.54) is 0 Å². The molecular weight excluding hydrogens is 274 g/mol. The van der Waals surface area contributed by atoms with Crippen molar-refractivity contribution in [2.45, 2.75) is 19.4 Å². The fraction of sp³-hybridized carbons (Fsp3) is 0.211. The van der Waals surface area contributed by atoms with E-state index in [9.17, 15) is 4.79 Å². The largest absolute Gasteiger partial charge is 0.480 e. The maximum absolute atomic E-state index is 12.9. The maximum Gasteiger partial charge on any atom is 0.260 e. The van der Waals surface area contributed by atoms with Crippen LogP contribution in [-0.2, 0) is 15.1 Å². The lowest BCUT2D eigenvalue weighted by Crippen LogP contribution is -2.48. The van der Waals surface area contributed by atoms with Crippen molar-refractivity contribution >= 4 is 11.5 Å². The molecular formula is C19H19NO2. The van der Waals surface area contributed by atoms with Gasteiger partial charge >= 0.3 is 0 Å². The number of rotatable bonds is 3. The molecule has 0 N–H and O–H groups in total. The van der Waals surface area contributed by atoms with Crippen LogP contribution < -0.4 is 0 Å². The van der Waals surface area contributed by atoms with Gasteiger partial charge < -0.3 is 4.74 Å². The summed E-state index contributed by atoms with van der Waals surface area (Å²) in [7, 11) is 0. The molecule has 0 spiro atoms. The molecule has 0 fully saturated rings. The minimum atomic E-state index is -0.438. The Hall–Kier alpha value is -2.55.